The summed E-state index contributed by atoms with van der Waals surface area (Å²) < 4.78 is 7.04. The fraction of sp³-hybridized carbons (Fsp3) is 0.583. The number of aryl methyl sites for hydroxylation is 1. The largest absolute Gasteiger partial charge is 0.381 e. The molecule has 3 rings (SSSR count). The van der Waals surface area contributed by atoms with Crippen molar-refractivity contribution in [3.8, 4) is 0 Å². The molecule has 22 heavy (non-hydrogen) atoms. The Morgan fingerprint density at radius 2 is 2.41 bits per heavy atom. The molecule has 10 heteroatoms. The van der Waals surface area contributed by atoms with Crippen LogP contribution in [0.5, 0.6) is 0 Å². The minimum Gasteiger partial charge on any atom is -0.381 e. The van der Waals surface area contributed by atoms with E-state index in [-0.39, 0.29) is 5.95 Å². The molecule has 0 aliphatic carbocycles. The highest BCUT2D eigenvalue weighted by molar-refractivity contribution is 7.99. The molecule has 1 aliphatic rings. The monoisotopic (exact) mass is 322 g/mol. The molecule has 118 valence electrons. The van der Waals surface area contributed by atoms with Gasteiger partial charge in [-0.2, -0.15) is 4.98 Å². The molecular weight excluding hydrogens is 304 g/mol. The zero-order valence-electron chi connectivity index (χ0n) is 12.3. The fourth-order valence-electron chi connectivity index (χ4n) is 2.22. The number of thioether (sulfide) groups is 1. The average molecular weight is 322 g/mol. The smallest absolute Gasteiger partial charge is 0.222 e. The SMILES string of the molecule is Cn1nnnc1SCCNc1cc(C2CCOC2)nc(N)n1. The number of nitrogens with zero attached hydrogens (tertiary/aromatic N) is 6. The summed E-state index contributed by atoms with van der Waals surface area (Å²) in [7, 11) is 1.82. The van der Waals surface area contributed by atoms with Crippen molar-refractivity contribution in [2.24, 2.45) is 7.05 Å². The zero-order chi connectivity index (χ0) is 15.4. The summed E-state index contributed by atoms with van der Waals surface area (Å²) in [5.74, 6) is 2.16. The number of tetrazole rings is 1. The molecule has 0 amide bonds. The number of ether oxygens (including phenoxy) is 1. The first kappa shape index (κ1) is 15.0. The maximum absolute atomic E-state index is 5.79. The summed E-state index contributed by atoms with van der Waals surface area (Å²) in [6, 6.07) is 1.95. The third kappa shape index (κ3) is 3.63. The van der Waals surface area contributed by atoms with E-state index in [0.29, 0.717) is 12.5 Å². The third-order valence-corrected chi connectivity index (χ3v) is 4.34. The lowest BCUT2D eigenvalue weighted by atomic mass is 10.0. The van der Waals surface area contributed by atoms with Crippen LogP contribution in [-0.4, -0.2) is 55.7 Å². The van der Waals surface area contributed by atoms with Crippen molar-refractivity contribution in [1.29, 1.82) is 0 Å². The molecule has 1 unspecified atom stereocenters. The number of aromatic nitrogens is 6. The Balaban J connectivity index is 1.54. The Kier molecular flexibility index (Phi) is 4.68. The molecule has 1 atom stereocenters. The van der Waals surface area contributed by atoms with Crippen LogP contribution in [0.1, 0.15) is 18.0 Å². The van der Waals surface area contributed by atoms with Crippen LogP contribution < -0.4 is 11.1 Å². The minimum absolute atomic E-state index is 0.289. The molecule has 3 heterocycles. The van der Waals surface area contributed by atoms with Gasteiger partial charge in [0.15, 0.2) is 0 Å². The van der Waals surface area contributed by atoms with E-state index < -0.39 is 0 Å². The summed E-state index contributed by atoms with van der Waals surface area (Å²) in [5, 5.41) is 15.3. The van der Waals surface area contributed by atoms with Crippen LogP contribution >= 0.6 is 11.8 Å². The quantitative estimate of drug-likeness (QED) is 0.571. The second kappa shape index (κ2) is 6.88. The Morgan fingerprint density at radius 3 is 3.14 bits per heavy atom. The number of nitrogens with one attached hydrogen (secondary N) is 1. The summed E-state index contributed by atoms with van der Waals surface area (Å²) in [6.45, 7) is 2.21. The topological polar surface area (TPSA) is 117 Å². The summed E-state index contributed by atoms with van der Waals surface area (Å²) in [4.78, 5) is 8.53. The van der Waals surface area contributed by atoms with Crippen molar-refractivity contribution < 1.29 is 4.74 Å². The van der Waals surface area contributed by atoms with E-state index in [4.69, 9.17) is 10.5 Å². The van der Waals surface area contributed by atoms with Crippen molar-refractivity contribution in [2.45, 2.75) is 17.5 Å². The normalized spacial score (nSPS) is 17.8. The number of hydrogen-bond donors (Lipinski definition) is 2. The number of nitrogen functional groups attached to an aromatic ring is 1. The molecule has 9 nitrogen and oxygen atoms in total. The molecule has 0 radical (unpaired) electrons. The first-order valence-electron chi connectivity index (χ1n) is 7.03. The van der Waals surface area contributed by atoms with Gasteiger partial charge >= 0.3 is 0 Å². The number of rotatable bonds is 6. The van der Waals surface area contributed by atoms with Gasteiger partial charge in [-0.1, -0.05) is 11.8 Å². The Hall–Kier alpha value is -1.94. The Labute approximate surface area is 132 Å². The molecule has 0 saturated carbocycles. The lowest BCUT2D eigenvalue weighted by Crippen LogP contribution is -2.11. The zero-order valence-corrected chi connectivity index (χ0v) is 13.1. The molecule has 1 saturated heterocycles. The van der Waals surface area contributed by atoms with E-state index in [1.807, 2.05) is 13.1 Å². The maximum atomic E-state index is 5.79. The Morgan fingerprint density at radius 1 is 1.50 bits per heavy atom. The minimum atomic E-state index is 0.289. The second-order valence-corrected chi connectivity index (χ2v) is 6.02. The number of hydrogen-bond acceptors (Lipinski definition) is 9. The summed E-state index contributed by atoms with van der Waals surface area (Å²) in [6.07, 6.45) is 0.977. The van der Waals surface area contributed by atoms with Gasteiger partial charge in [0.2, 0.25) is 11.1 Å². The van der Waals surface area contributed by atoms with E-state index in [2.05, 4.69) is 30.8 Å². The number of nitrogens with two attached hydrogens (primary N) is 1. The van der Waals surface area contributed by atoms with Crippen LogP contribution in [-0.2, 0) is 11.8 Å². The second-order valence-electron chi connectivity index (χ2n) is 4.96. The van der Waals surface area contributed by atoms with Gasteiger partial charge in [-0.05, 0) is 16.8 Å². The summed E-state index contributed by atoms with van der Waals surface area (Å²) >= 11 is 1.58. The molecule has 1 aliphatic heterocycles. The highest BCUT2D eigenvalue weighted by Gasteiger charge is 2.20. The van der Waals surface area contributed by atoms with Crippen LogP contribution in [0.3, 0.4) is 0 Å². The van der Waals surface area contributed by atoms with Crippen molar-refractivity contribution in [1.82, 2.24) is 30.2 Å². The molecule has 2 aromatic heterocycles. The van der Waals surface area contributed by atoms with Crippen molar-refractivity contribution in [3.05, 3.63) is 11.8 Å². The lowest BCUT2D eigenvalue weighted by Gasteiger charge is -2.11. The fourth-order valence-corrected chi connectivity index (χ4v) is 2.92. The van der Waals surface area contributed by atoms with Crippen molar-refractivity contribution >= 4 is 23.5 Å². The molecule has 2 aromatic rings. The van der Waals surface area contributed by atoms with Crippen molar-refractivity contribution in [2.75, 3.05) is 36.6 Å². The van der Waals surface area contributed by atoms with Crippen LogP contribution in [0.15, 0.2) is 11.2 Å². The van der Waals surface area contributed by atoms with E-state index >= 15 is 0 Å². The third-order valence-electron chi connectivity index (χ3n) is 3.33. The van der Waals surface area contributed by atoms with Crippen LogP contribution in [0.4, 0.5) is 11.8 Å². The van der Waals surface area contributed by atoms with Gasteiger partial charge in [-0.15, -0.1) is 5.10 Å². The predicted molar refractivity (Wildman–Crippen MR) is 82.6 cm³/mol. The first-order valence-corrected chi connectivity index (χ1v) is 8.02. The summed E-state index contributed by atoms with van der Waals surface area (Å²) in [5.41, 5.74) is 6.73. The van der Waals surface area contributed by atoms with Crippen molar-refractivity contribution in [3.63, 3.8) is 0 Å². The van der Waals surface area contributed by atoms with Gasteiger partial charge in [0.25, 0.3) is 0 Å². The van der Waals surface area contributed by atoms with Gasteiger partial charge < -0.3 is 15.8 Å². The molecule has 0 aromatic carbocycles. The highest BCUT2D eigenvalue weighted by atomic mass is 32.2. The van der Waals surface area contributed by atoms with Crippen LogP contribution in [0, 0.1) is 0 Å². The molecule has 1 fully saturated rings. The van der Waals surface area contributed by atoms with Gasteiger partial charge in [-0.25, -0.2) is 9.67 Å². The van der Waals surface area contributed by atoms with Crippen LogP contribution in [0.2, 0.25) is 0 Å². The van der Waals surface area contributed by atoms with Gasteiger partial charge in [0, 0.05) is 37.9 Å². The lowest BCUT2D eigenvalue weighted by molar-refractivity contribution is 0.193. The molecule has 0 spiro atoms. The molecule has 3 N–H and O–H groups in total. The number of anilines is 2. The van der Waals surface area contributed by atoms with Gasteiger partial charge in [0.05, 0.1) is 12.3 Å². The van der Waals surface area contributed by atoms with E-state index in [1.165, 1.54) is 0 Å². The van der Waals surface area contributed by atoms with Crippen LogP contribution in [0.25, 0.3) is 0 Å². The van der Waals surface area contributed by atoms with E-state index in [1.54, 1.807) is 16.4 Å². The van der Waals surface area contributed by atoms with E-state index in [9.17, 15) is 0 Å². The van der Waals surface area contributed by atoms with E-state index in [0.717, 1.165) is 42.0 Å². The Bertz CT molecular complexity index is 627. The van der Waals surface area contributed by atoms with Gasteiger partial charge in [-0.3, -0.25) is 0 Å². The predicted octanol–water partition coefficient (Wildman–Crippen LogP) is 0.290. The highest BCUT2D eigenvalue weighted by Crippen LogP contribution is 2.25. The average Bonchev–Trinajstić information content (AvgIpc) is 3.15. The maximum Gasteiger partial charge on any atom is 0.222 e. The first-order chi connectivity index (χ1) is 10.7. The molecule has 0 bridgehead atoms. The van der Waals surface area contributed by atoms with Gasteiger partial charge in [0.1, 0.15) is 5.82 Å². The standard InChI is InChI=1S/C12H18N8OS/c1-20-12(17-18-19-20)22-5-3-14-10-6-9(15-11(13)16-10)8-2-4-21-7-8/h6,8H,2-5,7H2,1H3,(H3,13,14,15,16). The molecular formula is C12H18N8OS.